The van der Waals surface area contributed by atoms with E-state index in [0.29, 0.717) is 13.1 Å². The van der Waals surface area contributed by atoms with Crippen LogP contribution in [0.15, 0.2) is 96.0 Å². The maximum Gasteiger partial charge on any atom is 0.224 e. The predicted octanol–water partition coefficient (Wildman–Crippen LogP) is 6.62. The highest BCUT2D eigenvalue weighted by atomic mass is 16.1. The molecule has 1 aromatic carbocycles. The number of aromatic nitrogens is 3. The maximum absolute atomic E-state index is 12.1. The number of aliphatic imine (C=N–C) groups is 1. The summed E-state index contributed by atoms with van der Waals surface area (Å²) < 4.78 is 0. The number of nitrogens with one attached hydrogen (secondary N) is 3. The Morgan fingerprint density at radius 3 is 2.74 bits per heavy atom. The van der Waals surface area contributed by atoms with Gasteiger partial charge in [0.2, 0.25) is 5.91 Å². The van der Waals surface area contributed by atoms with Crippen LogP contribution in [0.3, 0.4) is 0 Å². The number of carbonyl (C=O) groups is 1. The lowest BCUT2D eigenvalue weighted by Crippen LogP contribution is -2.20. The lowest BCUT2D eigenvalue weighted by Gasteiger charge is -2.18. The van der Waals surface area contributed by atoms with Gasteiger partial charge in [-0.05, 0) is 61.7 Å². The molecule has 1 amide bonds. The molecule has 1 aliphatic heterocycles. The van der Waals surface area contributed by atoms with Crippen molar-refractivity contribution in [3.8, 4) is 11.1 Å². The summed E-state index contributed by atoms with van der Waals surface area (Å²) in [4.78, 5) is 29.6. The normalized spacial score (nSPS) is 13.5. The summed E-state index contributed by atoms with van der Waals surface area (Å²) in [6.45, 7) is 10.3. The number of anilines is 1. The zero-order valence-corrected chi connectivity index (χ0v) is 22.5. The number of H-pyrrole nitrogens is 1. The first-order valence-electron chi connectivity index (χ1n) is 13.1. The van der Waals surface area contributed by atoms with Gasteiger partial charge in [-0.3, -0.25) is 14.8 Å². The molecule has 0 aliphatic carbocycles. The Labute approximate surface area is 228 Å². The Hall–Kier alpha value is -4.78. The third-order valence-electron chi connectivity index (χ3n) is 6.44. The van der Waals surface area contributed by atoms with Crippen molar-refractivity contribution >= 4 is 33.9 Å². The van der Waals surface area contributed by atoms with Crippen LogP contribution in [0.4, 0.5) is 5.82 Å². The largest absolute Gasteiger partial charge is 0.353 e. The van der Waals surface area contributed by atoms with Gasteiger partial charge in [0.05, 0.1) is 11.4 Å². The summed E-state index contributed by atoms with van der Waals surface area (Å²) in [5, 5.41) is 7.37. The average molecular weight is 517 g/mol. The summed E-state index contributed by atoms with van der Waals surface area (Å²) in [6.07, 6.45) is 10.7. The number of pyridine rings is 2. The molecule has 0 unspecified atom stereocenters. The number of aromatic amines is 1. The fourth-order valence-electron chi connectivity index (χ4n) is 4.76. The second kappa shape index (κ2) is 11.3. The van der Waals surface area contributed by atoms with Crippen LogP contribution >= 0.6 is 0 Å². The molecule has 7 nitrogen and oxygen atoms in total. The van der Waals surface area contributed by atoms with Gasteiger partial charge in [-0.25, -0.2) is 4.98 Å². The van der Waals surface area contributed by atoms with Crippen LogP contribution in [-0.2, 0) is 4.79 Å². The summed E-state index contributed by atoms with van der Waals surface area (Å²) >= 11 is 0. The molecule has 1 aliphatic rings. The molecule has 0 atom stereocenters. The van der Waals surface area contributed by atoms with Gasteiger partial charge in [-0.15, -0.1) is 0 Å². The Morgan fingerprint density at radius 1 is 1.10 bits per heavy atom. The number of carbonyl (C=O) groups excluding carboxylic acids is 1. The van der Waals surface area contributed by atoms with E-state index in [4.69, 9.17) is 9.98 Å². The second-order valence-electron chi connectivity index (χ2n) is 9.72. The van der Waals surface area contributed by atoms with E-state index in [-0.39, 0.29) is 5.91 Å². The van der Waals surface area contributed by atoms with Crippen LogP contribution in [0.25, 0.3) is 27.6 Å². The molecule has 0 saturated carbocycles. The Balaban J connectivity index is 1.55. The van der Waals surface area contributed by atoms with Gasteiger partial charge in [-0.2, -0.15) is 0 Å². The molecule has 0 radical (unpaired) electrons. The van der Waals surface area contributed by atoms with Gasteiger partial charge in [0, 0.05) is 58.3 Å². The number of hydrogen-bond donors (Lipinski definition) is 3. The lowest BCUT2D eigenvalue weighted by molar-refractivity contribution is -0.120. The SMILES string of the molecule is C=C(C)/C=C(\C=C(/C)NC(=O)CCC)c1cnc2c(c1)C(c1cc3c(-c4cccnc4)cccc3[nH]1)=NCN2. The number of amides is 1. The van der Waals surface area contributed by atoms with Crippen LogP contribution < -0.4 is 10.6 Å². The van der Waals surface area contributed by atoms with Crippen molar-refractivity contribution in [2.45, 2.75) is 33.6 Å². The highest BCUT2D eigenvalue weighted by molar-refractivity contribution is 6.18. The Morgan fingerprint density at radius 2 is 1.97 bits per heavy atom. The highest BCUT2D eigenvalue weighted by Crippen LogP contribution is 2.32. The number of nitrogens with zero attached hydrogens (tertiary/aromatic N) is 3. The van der Waals surface area contributed by atoms with Crippen LogP contribution in [0.2, 0.25) is 0 Å². The summed E-state index contributed by atoms with van der Waals surface area (Å²) in [7, 11) is 0. The monoisotopic (exact) mass is 516 g/mol. The molecule has 3 N–H and O–H groups in total. The van der Waals surface area contributed by atoms with E-state index in [1.54, 1.807) is 6.20 Å². The average Bonchev–Trinajstić information content (AvgIpc) is 3.37. The van der Waals surface area contributed by atoms with Crippen LogP contribution in [0.5, 0.6) is 0 Å². The lowest BCUT2D eigenvalue weighted by atomic mass is 9.98. The highest BCUT2D eigenvalue weighted by Gasteiger charge is 2.20. The minimum Gasteiger partial charge on any atom is -0.353 e. The van der Waals surface area contributed by atoms with Crippen molar-refractivity contribution in [1.29, 1.82) is 0 Å². The Kier molecular flexibility index (Phi) is 7.50. The molecule has 0 bridgehead atoms. The first kappa shape index (κ1) is 25.9. The molecule has 7 heteroatoms. The summed E-state index contributed by atoms with van der Waals surface area (Å²) in [5.41, 5.74) is 9.36. The maximum atomic E-state index is 12.1. The van der Waals surface area contributed by atoms with Crippen LogP contribution in [-0.4, -0.2) is 33.2 Å². The number of rotatable bonds is 8. The number of benzene rings is 1. The van der Waals surface area contributed by atoms with Crippen molar-refractivity contribution in [3.63, 3.8) is 0 Å². The van der Waals surface area contributed by atoms with Gasteiger partial charge in [-0.1, -0.05) is 43.4 Å². The minimum absolute atomic E-state index is 0.00701. The van der Waals surface area contributed by atoms with E-state index in [1.807, 2.05) is 57.4 Å². The molecule has 3 aromatic heterocycles. The van der Waals surface area contributed by atoms with Gasteiger partial charge in [0.15, 0.2) is 0 Å². The fourth-order valence-corrected chi connectivity index (χ4v) is 4.76. The van der Waals surface area contributed by atoms with E-state index in [1.165, 1.54) is 0 Å². The zero-order valence-electron chi connectivity index (χ0n) is 22.5. The molecule has 0 spiro atoms. The minimum atomic E-state index is 0.00701. The Bertz CT molecular complexity index is 1640. The van der Waals surface area contributed by atoms with Gasteiger partial charge >= 0.3 is 0 Å². The first-order chi connectivity index (χ1) is 18.9. The van der Waals surface area contributed by atoms with Crippen molar-refractivity contribution in [1.82, 2.24) is 20.3 Å². The molecule has 4 heterocycles. The van der Waals surface area contributed by atoms with E-state index in [2.05, 4.69) is 57.5 Å². The smallest absolute Gasteiger partial charge is 0.224 e. The number of allylic oxidation sites excluding steroid dienone is 5. The van der Waals surface area contributed by atoms with Crippen molar-refractivity contribution in [2.24, 2.45) is 4.99 Å². The van der Waals surface area contributed by atoms with E-state index < -0.39 is 0 Å². The van der Waals surface area contributed by atoms with E-state index in [0.717, 1.165) is 73.6 Å². The molecule has 4 aromatic rings. The van der Waals surface area contributed by atoms with Crippen LogP contribution in [0.1, 0.15) is 50.4 Å². The molecular weight excluding hydrogens is 484 g/mol. The topological polar surface area (TPSA) is 95.1 Å². The molecule has 0 fully saturated rings. The quantitative estimate of drug-likeness (QED) is 0.229. The molecule has 196 valence electrons. The zero-order chi connectivity index (χ0) is 27.4. The van der Waals surface area contributed by atoms with Crippen molar-refractivity contribution in [2.75, 3.05) is 12.0 Å². The predicted molar refractivity (Wildman–Crippen MR) is 159 cm³/mol. The molecule has 39 heavy (non-hydrogen) atoms. The van der Waals surface area contributed by atoms with Gasteiger partial charge < -0.3 is 15.6 Å². The van der Waals surface area contributed by atoms with Crippen LogP contribution in [0, 0.1) is 0 Å². The third-order valence-corrected chi connectivity index (χ3v) is 6.44. The molecular formula is C32H32N6O. The third kappa shape index (κ3) is 5.72. The van der Waals surface area contributed by atoms with Crippen molar-refractivity contribution < 1.29 is 4.79 Å². The molecule has 5 rings (SSSR count). The standard InChI is InChI=1S/C32H32N6O/c1-5-8-30(39)37-21(4)14-23(13-20(2)3)24-15-27-31(35-19-36-32(27)34-18-24)29-16-26-25(10-6-11-28(26)38-29)22-9-7-12-33-17-22/h6-7,9-18,38H,2,5,8,19H2,1,3-4H3,(H,34,36)(H,37,39)/b21-14+,23-13+. The number of fused-ring (bicyclic) bond motifs is 2. The second-order valence-corrected chi connectivity index (χ2v) is 9.72. The van der Waals surface area contributed by atoms with Crippen molar-refractivity contribution in [3.05, 3.63) is 108 Å². The number of hydrogen-bond acceptors (Lipinski definition) is 5. The molecule has 0 saturated heterocycles. The summed E-state index contributed by atoms with van der Waals surface area (Å²) in [6, 6.07) is 14.5. The first-order valence-corrected chi connectivity index (χ1v) is 13.1. The van der Waals surface area contributed by atoms with Gasteiger partial charge in [0.25, 0.3) is 0 Å². The fraction of sp³-hybridized carbons (Fsp3) is 0.188. The van der Waals surface area contributed by atoms with Gasteiger partial charge in [0.1, 0.15) is 12.5 Å². The van der Waals surface area contributed by atoms with E-state index >= 15 is 0 Å². The summed E-state index contributed by atoms with van der Waals surface area (Å²) in [5.74, 6) is 0.786. The van der Waals surface area contributed by atoms with E-state index in [9.17, 15) is 4.79 Å².